The summed E-state index contributed by atoms with van der Waals surface area (Å²) in [5.41, 5.74) is 1.16. The van der Waals surface area contributed by atoms with Crippen molar-refractivity contribution in [2.45, 2.75) is 44.9 Å². The van der Waals surface area contributed by atoms with Gasteiger partial charge >= 0.3 is 0 Å². The SMILES string of the molecule is CCNC(=NCc1cccc(OCC)c1)NCC1(C)CCCS1.I. The van der Waals surface area contributed by atoms with Crippen molar-refractivity contribution in [3.63, 3.8) is 0 Å². The van der Waals surface area contributed by atoms with E-state index >= 15 is 0 Å². The summed E-state index contributed by atoms with van der Waals surface area (Å²) >= 11 is 2.06. The van der Waals surface area contributed by atoms with E-state index in [1.165, 1.54) is 18.6 Å². The van der Waals surface area contributed by atoms with Gasteiger partial charge in [0.2, 0.25) is 0 Å². The van der Waals surface area contributed by atoms with Gasteiger partial charge in [-0.25, -0.2) is 4.99 Å². The van der Waals surface area contributed by atoms with Gasteiger partial charge in [-0.15, -0.1) is 24.0 Å². The third-order valence-corrected chi connectivity index (χ3v) is 5.44. The van der Waals surface area contributed by atoms with E-state index in [1.807, 2.05) is 19.1 Å². The van der Waals surface area contributed by atoms with Crippen molar-refractivity contribution in [2.75, 3.05) is 25.4 Å². The number of rotatable bonds is 7. The molecule has 1 fully saturated rings. The smallest absolute Gasteiger partial charge is 0.191 e. The molecule has 24 heavy (non-hydrogen) atoms. The van der Waals surface area contributed by atoms with Gasteiger partial charge in [-0.2, -0.15) is 11.8 Å². The van der Waals surface area contributed by atoms with E-state index < -0.39 is 0 Å². The summed E-state index contributed by atoms with van der Waals surface area (Å²) in [6.45, 7) is 9.61. The first kappa shape index (κ1) is 21.4. The summed E-state index contributed by atoms with van der Waals surface area (Å²) in [6, 6.07) is 8.15. The van der Waals surface area contributed by atoms with E-state index in [-0.39, 0.29) is 24.0 Å². The molecule has 0 bridgehead atoms. The van der Waals surface area contributed by atoms with Gasteiger partial charge in [0.25, 0.3) is 0 Å². The standard InChI is InChI=1S/C18H29N3OS.HI/c1-4-19-17(21-14-18(3)10-7-11-23-18)20-13-15-8-6-9-16(12-15)22-5-2;/h6,8-9,12H,4-5,7,10-11,13-14H2,1-3H3,(H2,19,20,21);1H. The normalized spacial score (nSPS) is 20.4. The number of thioether (sulfide) groups is 1. The number of hydrogen-bond donors (Lipinski definition) is 2. The van der Waals surface area contributed by atoms with Crippen LogP contribution in [0.2, 0.25) is 0 Å². The van der Waals surface area contributed by atoms with E-state index in [2.05, 4.69) is 48.4 Å². The highest BCUT2D eigenvalue weighted by atomic mass is 127. The first-order valence-corrected chi connectivity index (χ1v) is 9.51. The number of halogens is 1. The van der Waals surface area contributed by atoms with Crippen molar-refractivity contribution in [1.29, 1.82) is 0 Å². The fraction of sp³-hybridized carbons (Fsp3) is 0.611. The molecule has 1 unspecified atom stereocenters. The number of nitrogens with one attached hydrogen (secondary N) is 2. The van der Waals surface area contributed by atoms with Crippen molar-refractivity contribution in [2.24, 2.45) is 4.99 Å². The zero-order valence-corrected chi connectivity index (χ0v) is 18.1. The van der Waals surface area contributed by atoms with Crippen LogP contribution in [0.3, 0.4) is 0 Å². The molecule has 0 saturated carbocycles. The van der Waals surface area contributed by atoms with E-state index in [0.29, 0.717) is 17.9 Å². The monoisotopic (exact) mass is 463 g/mol. The van der Waals surface area contributed by atoms with Crippen molar-refractivity contribution < 1.29 is 4.74 Å². The van der Waals surface area contributed by atoms with Gasteiger partial charge in [0.15, 0.2) is 5.96 Å². The summed E-state index contributed by atoms with van der Waals surface area (Å²) in [7, 11) is 0. The summed E-state index contributed by atoms with van der Waals surface area (Å²) in [6.07, 6.45) is 2.60. The zero-order valence-electron chi connectivity index (χ0n) is 14.9. The Balaban J connectivity index is 0.00000288. The lowest BCUT2D eigenvalue weighted by atomic mass is 10.1. The second kappa shape index (κ2) is 11.1. The van der Waals surface area contributed by atoms with Crippen LogP contribution in [0.4, 0.5) is 0 Å². The highest BCUT2D eigenvalue weighted by Crippen LogP contribution is 2.36. The van der Waals surface area contributed by atoms with Gasteiger partial charge < -0.3 is 15.4 Å². The predicted octanol–water partition coefficient (Wildman–Crippen LogP) is 4.04. The first-order valence-electron chi connectivity index (χ1n) is 8.53. The Kier molecular flexibility index (Phi) is 9.88. The average Bonchev–Trinajstić information content (AvgIpc) is 2.98. The molecule has 0 radical (unpaired) electrons. The number of benzene rings is 1. The highest BCUT2D eigenvalue weighted by Gasteiger charge is 2.29. The lowest BCUT2D eigenvalue weighted by molar-refractivity contribution is 0.340. The zero-order chi connectivity index (χ0) is 16.5. The largest absolute Gasteiger partial charge is 0.494 e. The maximum Gasteiger partial charge on any atom is 0.191 e. The average molecular weight is 463 g/mol. The lowest BCUT2D eigenvalue weighted by Crippen LogP contribution is -2.43. The van der Waals surface area contributed by atoms with Crippen LogP contribution in [0.5, 0.6) is 5.75 Å². The minimum atomic E-state index is 0. The summed E-state index contributed by atoms with van der Waals surface area (Å²) in [5, 5.41) is 6.83. The Morgan fingerprint density at radius 2 is 2.17 bits per heavy atom. The van der Waals surface area contributed by atoms with Crippen molar-refractivity contribution in [3.05, 3.63) is 29.8 Å². The molecule has 2 rings (SSSR count). The van der Waals surface area contributed by atoms with Crippen LogP contribution < -0.4 is 15.4 Å². The number of ether oxygens (including phenoxy) is 1. The number of hydrogen-bond acceptors (Lipinski definition) is 3. The molecule has 0 spiro atoms. The fourth-order valence-corrected chi connectivity index (χ4v) is 3.90. The van der Waals surface area contributed by atoms with E-state index in [9.17, 15) is 0 Å². The van der Waals surface area contributed by atoms with E-state index in [0.717, 1.165) is 30.4 Å². The van der Waals surface area contributed by atoms with E-state index in [1.54, 1.807) is 0 Å². The van der Waals surface area contributed by atoms with Crippen LogP contribution >= 0.6 is 35.7 Å². The first-order chi connectivity index (χ1) is 11.1. The molecule has 2 N–H and O–H groups in total. The maximum atomic E-state index is 5.55. The number of guanidine groups is 1. The van der Waals surface area contributed by atoms with E-state index in [4.69, 9.17) is 9.73 Å². The maximum absolute atomic E-state index is 5.55. The molecule has 6 heteroatoms. The van der Waals surface area contributed by atoms with Crippen LogP contribution in [0, 0.1) is 0 Å². The van der Waals surface area contributed by atoms with Crippen LogP contribution in [0.25, 0.3) is 0 Å². The van der Waals surface area contributed by atoms with Crippen LogP contribution in [0.15, 0.2) is 29.3 Å². The molecular formula is C18H30IN3OS. The molecular weight excluding hydrogens is 433 g/mol. The van der Waals surface area contributed by atoms with Crippen LogP contribution in [-0.4, -0.2) is 36.2 Å². The molecule has 1 aromatic rings. The molecule has 1 atom stereocenters. The van der Waals surface area contributed by atoms with Gasteiger partial charge in [0.1, 0.15) is 5.75 Å². The summed E-state index contributed by atoms with van der Waals surface area (Å²) in [4.78, 5) is 4.71. The number of aliphatic imine (C=N–C) groups is 1. The van der Waals surface area contributed by atoms with Gasteiger partial charge in [0.05, 0.1) is 13.2 Å². The van der Waals surface area contributed by atoms with Gasteiger partial charge in [-0.05, 0) is 57.1 Å². The van der Waals surface area contributed by atoms with Gasteiger partial charge in [-0.1, -0.05) is 12.1 Å². The fourth-order valence-electron chi connectivity index (χ4n) is 2.66. The highest BCUT2D eigenvalue weighted by molar-refractivity contribution is 14.0. The Bertz CT molecular complexity index is 519. The molecule has 1 aliphatic heterocycles. The second-order valence-electron chi connectivity index (χ2n) is 6.03. The molecule has 1 saturated heterocycles. The Morgan fingerprint density at radius 1 is 1.33 bits per heavy atom. The Morgan fingerprint density at radius 3 is 2.83 bits per heavy atom. The molecule has 1 aromatic carbocycles. The minimum Gasteiger partial charge on any atom is -0.494 e. The molecule has 0 aliphatic carbocycles. The molecule has 4 nitrogen and oxygen atoms in total. The summed E-state index contributed by atoms with van der Waals surface area (Å²) in [5.74, 6) is 3.08. The van der Waals surface area contributed by atoms with Crippen LogP contribution in [-0.2, 0) is 6.54 Å². The quantitative estimate of drug-likeness (QED) is 0.364. The number of nitrogens with zero attached hydrogens (tertiary/aromatic N) is 1. The molecule has 1 heterocycles. The van der Waals surface area contributed by atoms with Gasteiger partial charge in [0, 0.05) is 17.8 Å². The topological polar surface area (TPSA) is 45.7 Å². The molecule has 136 valence electrons. The Hall–Kier alpha value is -0.630. The predicted molar refractivity (Wildman–Crippen MR) is 116 cm³/mol. The molecule has 0 aromatic heterocycles. The van der Waals surface area contributed by atoms with Crippen molar-refractivity contribution >= 4 is 41.7 Å². The third kappa shape index (κ3) is 7.09. The lowest BCUT2D eigenvalue weighted by Gasteiger charge is -2.24. The van der Waals surface area contributed by atoms with Gasteiger partial charge in [-0.3, -0.25) is 0 Å². The summed E-state index contributed by atoms with van der Waals surface area (Å²) < 4.78 is 5.88. The Labute approximate surface area is 167 Å². The third-order valence-electron chi connectivity index (χ3n) is 3.90. The minimum absolute atomic E-state index is 0. The second-order valence-corrected chi connectivity index (χ2v) is 7.71. The van der Waals surface area contributed by atoms with Crippen molar-refractivity contribution in [1.82, 2.24) is 10.6 Å². The van der Waals surface area contributed by atoms with Crippen molar-refractivity contribution in [3.8, 4) is 5.75 Å². The molecule has 1 aliphatic rings. The van der Waals surface area contributed by atoms with Crippen LogP contribution in [0.1, 0.15) is 39.2 Å². The molecule has 0 amide bonds.